The minimum absolute atomic E-state index is 0.0328. The Morgan fingerprint density at radius 1 is 1.15 bits per heavy atom. The topological polar surface area (TPSA) is 206 Å². The molecule has 12 nitrogen and oxygen atoms in total. The van der Waals surface area contributed by atoms with E-state index in [-0.39, 0.29) is 30.6 Å². The highest BCUT2D eigenvalue weighted by Crippen LogP contribution is 2.19. The van der Waals surface area contributed by atoms with Crippen molar-refractivity contribution < 1.29 is 24.3 Å². The Bertz CT molecular complexity index is 730. The molecule has 0 aromatic carbocycles. The van der Waals surface area contributed by atoms with E-state index in [1.165, 1.54) is 4.90 Å². The van der Waals surface area contributed by atoms with Gasteiger partial charge in [-0.2, -0.15) is 12.6 Å². The van der Waals surface area contributed by atoms with Gasteiger partial charge in [0.25, 0.3) is 0 Å². The van der Waals surface area contributed by atoms with E-state index < -0.39 is 47.9 Å². The number of aliphatic carboxylic acids is 1. The molecule has 188 valence electrons. The number of thiol groups is 1. The van der Waals surface area contributed by atoms with Gasteiger partial charge in [-0.1, -0.05) is 13.8 Å². The Morgan fingerprint density at radius 3 is 2.33 bits per heavy atom. The lowest BCUT2D eigenvalue weighted by atomic mass is 10.0. The molecule has 1 fully saturated rings. The van der Waals surface area contributed by atoms with Gasteiger partial charge in [0.1, 0.15) is 18.1 Å². The standard InChI is InChI=1S/C20H37N7O5S/c1-11(2)9-12(21)16(28)25-13(5-3-7-24-20(22)23)17(29)26-14(10-33)18(30)27-8-4-6-15(27)19(31)32/h11-15,33H,3-10,21H2,1-2H3,(H,25,28)(H,26,29)(H,31,32)(H4,22,23,24). The van der Waals surface area contributed by atoms with E-state index in [0.717, 1.165) is 0 Å². The molecular formula is C20H37N7O5S. The van der Waals surface area contributed by atoms with Crippen LogP contribution in [0.4, 0.5) is 0 Å². The fourth-order valence-electron chi connectivity index (χ4n) is 3.61. The van der Waals surface area contributed by atoms with Gasteiger partial charge < -0.3 is 37.8 Å². The fourth-order valence-corrected chi connectivity index (χ4v) is 3.86. The molecular weight excluding hydrogens is 450 g/mol. The molecule has 9 N–H and O–H groups in total. The first kappa shape index (κ1) is 28.5. The molecule has 0 aromatic heterocycles. The van der Waals surface area contributed by atoms with Crippen LogP contribution in [0, 0.1) is 5.92 Å². The van der Waals surface area contributed by atoms with Gasteiger partial charge in [0.15, 0.2) is 5.96 Å². The third kappa shape index (κ3) is 9.46. The second-order valence-corrected chi connectivity index (χ2v) is 8.88. The fraction of sp³-hybridized carbons (Fsp3) is 0.750. The Balaban J connectivity index is 2.89. The molecule has 33 heavy (non-hydrogen) atoms. The predicted molar refractivity (Wildman–Crippen MR) is 127 cm³/mol. The summed E-state index contributed by atoms with van der Waals surface area (Å²) in [4.78, 5) is 54.9. The van der Waals surface area contributed by atoms with Crippen molar-refractivity contribution in [2.45, 2.75) is 70.1 Å². The van der Waals surface area contributed by atoms with Crippen LogP contribution in [0.1, 0.15) is 46.0 Å². The lowest BCUT2D eigenvalue weighted by Crippen LogP contribution is -2.57. The van der Waals surface area contributed by atoms with Gasteiger partial charge in [-0.25, -0.2) is 4.79 Å². The Kier molecular flexibility index (Phi) is 12.0. The van der Waals surface area contributed by atoms with Crippen molar-refractivity contribution in [2.24, 2.45) is 28.1 Å². The van der Waals surface area contributed by atoms with E-state index in [1.807, 2.05) is 13.8 Å². The molecule has 1 heterocycles. The quantitative estimate of drug-likeness (QED) is 0.0694. The molecule has 3 amide bonds. The maximum absolute atomic E-state index is 13.0. The molecule has 4 unspecified atom stereocenters. The number of carbonyl (C=O) groups is 4. The summed E-state index contributed by atoms with van der Waals surface area (Å²) in [5.41, 5.74) is 16.6. The smallest absolute Gasteiger partial charge is 0.326 e. The largest absolute Gasteiger partial charge is 0.480 e. The number of nitrogens with one attached hydrogen (secondary N) is 2. The zero-order chi connectivity index (χ0) is 25.1. The highest BCUT2D eigenvalue weighted by atomic mass is 32.1. The van der Waals surface area contributed by atoms with Crippen LogP contribution in [0.25, 0.3) is 0 Å². The molecule has 1 aliphatic heterocycles. The summed E-state index contributed by atoms with van der Waals surface area (Å²) in [5.74, 6) is -2.62. The van der Waals surface area contributed by atoms with E-state index in [4.69, 9.17) is 17.2 Å². The van der Waals surface area contributed by atoms with Crippen molar-refractivity contribution in [3.8, 4) is 0 Å². The van der Waals surface area contributed by atoms with Gasteiger partial charge in [-0.3, -0.25) is 19.4 Å². The number of likely N-dealkylation sites (tertiary alicyclic amines) is 1. The third-order valence-corrected chi connectivity index (χ3v) is 5.62. The number of hydrogen-bond donors (Lipinski definition) is 7. The predicted octanol–water partition coefficient (Wildman–Crippen LogP) is -1.61. The first-order chi connectivity index (χ1) is 15.5. The maximum Gasteiger partial charge on any atom is 0.326 e. The van der Waals surface area contributed by atoms with Gasteiger partial charge in [0.05, 0.1) is 6.04 Å². The number of carboxylic acids is 1. The molecule has 0 saturated carbocycles. The molecule has 0 aliphatic carbocycles. The number of hydrogen-bond acceptors (Lipinski definition) is 7. The monoisotopic (exact) mass is 487 g/mol. The van der Waals surface area contributed by atoms with Crippen molar-refractivity contribution in [1.29, 1.82) is 0 Å². The first-order valence-electron chi connectivity index (χ1n) is 11.0. The third-order valence-electron chi connectivity index (χ3n) is 5.26. The number of nitrogens with zero attached hydrogens (tertiary/aromatic N) is 2. The van der Waals surface area contributed by atoms with E-state index in [2.05, 4.69) is 28.3 Å². The highest BCUT2D eigenvalue weighted by molar-refractivity contribution is 7.80. The molecule has 1 aliphatic rings. The van der Waals surface area contributed by atoms with Gasteiger partial charge in [0, 0.05) is 18.8 Å². The summed E-state index contributed by atoms with van der Waals surface area (Å²) in [7, 11) is 0. The summed E-state index contributed by atoms with van der Waals surface area (Å²) in [6, 6.07) is -3.74. The summed E-state index contributed by atoms with van der Waals surface area (Å²) in [6.07, 6.45) is 1.95. The van der Waals surface area contributed by atoms with E-state index in [1.54, 1.807) is 0 Å². The SMILES string of the molecule is CC(C)CC(N)C(=O)NC(CCCN=C(N)N)C(=O)NC(CS)C(=O)N1CCCC1C(=O)O. The minimum Gasteiger partial charge on any atom is -0.480 e. The lowest BCUT2D eigenvalue weighted by molar-refractivity contribution is -0.149. The van der Waals surface area contributed by atoms with Gasteiger partial charge in [-0.15, -0.1) is 0 Å². The number of nitrogens with two attached hydrogens (primary N) is 3. The maximum atomic E-state index is 13.0. The molecule has 0 spiro atoms. The van der Waals surface area contributed by atoms with Crippen molar-refractivity contribution in [2.75, 3.05) is 18.8 Å². The zero-order valence-electron chi connectivity index (χ0n) is 19.2. The Labute approximate surface area is 199 Å². The number of carboxylic acid groups (broad SMARTS) is 1. The number of guanidine groups is 1. The van der Waals surface area contributed by atoms with Gasteiger partial charge >= 0.3 is 5.97 Å². The van der Waals surface area contributed by atoms with Crippen molar-refractivity contribution in [3.63, 3.8) is 0 Å². The van der Waals surface area contributed by atoms with Crippen LogP contribution in [-0.4, -0.2) is 82.7 Å². The number of amides is 3. The molecule has 4 atom stereocenters. The first-order valence-corrected chi connectivity index (χ1v) is 11.7. The van der Waals surface area contributed by atoms with Crippen molar-refractivity contribution in [1.82, 2.24) is 15.5 Å². The van der Waals surface area contributed by atoms with Crippen LogP contribution in [-0.2, 0) is 19.2 Å². The second kappa shape index (κ2) is 13.9. The molecule has 0 radical (unpaired) electrons. The van der Waals surface area contributed by atoms with E-state index in [0.29, 0.717) is 32.2 Å². The number of aliphatic imine (C=N–C) groups is 1. The van der Waals surface area contributed by atoms with Crippen LogP contribution in [0.5, 0.6) is 0 Å². The normalized spacial score (nSPS) is 18.3. The lowest BCUT2D eigenvalue weighted by Gasteiger charge is -2.28. The van der Waals surface area contributed by atoms with Crippen molar-refractivity contribution >= 4 is 42.3 Å². The molecule has 1 rings (SSSR count). The summed E-state index contributed by atoms with van der Waals surface area (Å²) in [5, 5.41) is 14.6. The molecule has 0 bridgehead atoms. The van der Waals surface area contributed by atoms with Gasteiger partial charge in [-0.05, 0) is 38.0 Å². The highest BCUT2D eigenvalue weighted by Gasteiger charge is 2.38. The van der Waals surface area contributed by atoms with Crippen molar-refractivity contribution in [3.05, 3.63) is 0 Å². The molecule has 13 heteroatoms. The summed E-state index contributed by atoms with van der Waals surface area (Å²) in [6.45, 7) is 4.40. The average Bonchev–Trinajstić information content (AvgIpc) is 3.22. The second-order valence-electron chi connectivity index (χ2n) is 8.52. The van der Waals surface area contributed by atoms with Crippen LogP contribution in [0.15, 0.2) is 4.99 Å². The van der Waals surface area contributed by atoms with E-state index >= 15 is 0 Å². The molecule has 0 aromatic rings. The van der Waals surface area contributed by atoms with Gasteiger partial charge in [0.2, 0.25) is 17.7 Å². The number of rotatable bonds is 13. The minimum atomic E-state index is -1.09. The Morgan fingerprint density at radius 2 is 1.79 bits per heavy atom. The zero-order valence-corrected chi connectivity index (χ0v) is 20.1. The average molecular weight is 488 g/mol. The Hall–Kier alpha value is -2.54. The summed E-state index contributed by atoms with van der Waals surface area (Å²) < 4.78 is 0. The summed E-state index contributed by atoms with van der Waals surface area (Å²) >= 11 is 4.16. The van der Waals surface area contributed by atoms with Crippen LogP contribution < -0.4 is 27.8 Å². The van der Waals surface area contributed by atoms with Crippen LogP contribution in [0.2, 0.25) is 0 Å². The molecule has 1 saturated heterocycles. The van der Waals surface area contributed by atoms with Crippen LogP contribution in [0.3, 0.4) is 0 Å². The van der Waals surface area contributed by atoms with E-state index in [9.17, 15) is 24.3 Å². The number of carbonyl (C=O) groups excluding carboxylic acids is 3. The van der Waals surface area contributed by atoms with Crippen LogP contribution >= 0.6 is 12.6 Å².